The number of aromatic hydroxyl groups is 1. The smallest absolute Gasteiger partial charge is 0.134 e. The van der Waals surface area contributed by atoms with Crippen molar-refractivity contribution >= 4 is 11.6 Å². The summed E-state index contributed by atoms with van der Waals surface area (Å²) in [6.07, 6.45) is 2.19. The maximum absolute atomic E-state index is 9.37. The molecule has 0 spiro atoms. The number of hydrogen-bond donors (Lipinski definition) is 2. The molecule has 0 unspecified atom stereocenters. The Hall–Kier alpha value is -0.730. The molecule has 1 aromatic rings. The van der Waals surface area contributed by atoms with E-state index < -0.39 is 0 Å². The van der Waals surface area contributed by atoms with Gasteiger partial charge in [-0.2, -0.15) is 0 Å². The number of hydrogen-bond acceptors (Lipinski definition) is 2. The Morgan fingerprint density at radius 3 is 2.40 bits per heavy atom. The van der Waals surface area contributed by atoms with Crippen LogP contribution in [0.5, 0.6) is 5.75 Å². The van der Waals surface area contributed by atoms with E-state index in [0.717, 1.165) is 18.4 Å². The molecule has 1 aliphatic carbocycles. The Balaban J connectivity index is 2.43. The lowest BCUT2D eigenvalue weighted by Gasteiger charge is -2.31. The summed E-state index contributed by atoms with van der Waals surface area (Å²) in [5.74, 6) is 0.131. The van der Waals surface area contributed by atoms with Crippen LogP contribution in [0.1, 0.15) is 32.3 Å². The monoisotopic (exact) mass is 225 g/mol. The van der Waals surface area contributed by atoms with E-state index >= 15 is 0 Å². The van der Waals surface area contributed by atoms with Crippen molar-refractivity contribution in [2.75, 3.05) is 0 Å². The first-order chi connectivity index (χ1) is 6.87. The molecule has 3 heteroatoms. The Bertz CT molecular complexity index is 391. The molecule has 0 radical (unpaired) electrons. The van der Waals surface area contributed by atoms with Gasteiger partial charge in [-0.05, 0) is 44.4 Å². The summed E-state index contributed by atoms with van der Waals surface area (Å²) in [7, 11) is 0. The van der Waals surface area contributed by atoms with Crippen LogP contribution in [-0.4, -0.2) is 10.6 Å². The standard InChI is InChI=1S/C12H16ClNO/c1-11(2,14)12(5-6-12)8-3-4-10(15)9(13)7-8/h3-4,7,15H,5-6,14H2,1-2H3. The molecule has 1 aliphatic rings. The van der Waals surface area contributed by atoms with Gasteiger partial charge in [0.25, 0.3) is 0 Å². The first-order valence-corrected chi connectivity index (χ1v) is 5.52. The van der Waals surface area contributed by atoms with Gasteiger partial charge in [-0.15, -0.1) is 0 Å². The largest absolute Gasteiger partial charge is 0.506 e. The van der Waals surface area contributed by atoms with E-state index in [2.05, 4.69) is 0 Å². The average molecular weight is 226 g/mol. The highest BCUT2D eigenvalue weighted by Crippen LogP contribution is 2.55. The molecule has 0 saturated heterocycles. The van der Waals surface area contributed by atoms with Crippen molar-refractivity contribution in [1.29, 1.82) is 0 Å². The molecule has 3 N–H and O–H groups in total. The summed E-state index contributed by atoms with van der Waals surface area (Å²) in [5.41, 5.74) is 7.13. The summed E-state index contributed by atoms with van der Waals surface area (Å²) >= 11 is 5.91. The fourth-order valence-corrected chi connectivity index (χ4v) is 2.42. The summed E-state index contributed by atoms with van der Waals surface area (Å²) in [6, 6.07) is 5.39. The van der Waals surface area contributed by atoms with Crippen molar-refractivity contribution < 1.29 is 5.11 Å². The molecule has 1 fully saturated rings. The van der Waals surface area contributed by atoms with E-state index in [1.165, 1.54) is 0 Å². The fourth-order valence-electron chi connectivity index (χ4n) is 2.23. The van der Waals surface area contributed by atoms with Gasteiger partial charge in [0.05, 0.1) is 5.02 Å². The third-order valence-corrected chi connectivity index (χ3v) is 3.79. The first-order valence-electron chi connectivity index (χ1n) is 5.15. The molecule has 0 aromatic heterocycles. The Morgan fingerprint density at radius 2 is 2.00 bits per heavy atom. The van der Waals surface area contributed by atoms with Gasteiger partial charge in [-0.25, -0.2) is 0 Å². The lowest BCUT2D eigenvalue weighted by molar-refractivity contribution is 0.391. The first kappa shape index (κ1) is 10.8. The predicted octanol–water partition coefficient (Wildman–Crippen LogP) is 2.81. The van der Waals surface area contributed by atoms with Crippen LogP contribution < -0.4 is 5.73 Å². The van der Waals surface area contributed by atoms with E-state index in [1.54, 1.807) is 6.07 Å². The van der Waals surface area contributed by atoms with Crippen molar-refractivity contribution in [3.63, 3.8) is 0 Å². The molecule has 0 bridgehead atoms. The van der Waals surface area contributed by atoms with Crippen molar-refractivity contribution in [3.05, 3.63) is 28.8 Å². The molecule has 1 aromatic carbocycles. The zero-order valence-corrected chi connectivity index (χ0v) is 9.80. The number of halogens is 1. The Morgan fingerprint density at radius 1 is 1.40 bits per heavy atom. The molecule has 15 heavy (non-hydrogen) atoms. The van der Waals surface area contributed by atoms with Gasteiger partial charge in [0.1, 0.15) is 5.75 Å². The lowest BCUT2D eigenvalue weighted by atomic mass is 9.79. The second-order valence-electron chi connectivity index (χ2n) is 4.97. The molecule has 1 saturated carbocycles. The van der Waals surface area contributed by atoms with Crippen LogP contribution in [0.25, 0.3) is 0 Å². The minimum absolute atomic E-state index is 0.0460. The summed E-state index contributed by atoms with van der Waals surface area (Å²) in [4.78, 5) is 0. The minimum atomic E-state index is -0.243. The van der Waals surface area contributed by atoms with Crippen LogP contribution in [-0.2, 0) is 5.41 Å². The van der Waals surface area contributed by atoms with Crippen LogP contribution in [0, 0.1) is 0 Å². The van der Waals surface area contributed by atoms with E-state index in [4.69, 9.17) is 17.3 Å². The fraction of sp³-hybridized carbons (Fsp3) is 0.500. The van der Waals surface area contributed by atoms with Crippen LogP contribution in [0.4, 0.5) is 0 Å². The molecule has 2 rings (SSSR count). The van der Waals surface area contributed by atoms with Gasteiger partial charge in [-0.1, -0.05) is 17.7 Å². The highest BCUT2D eigenvalue weighted by atomic mass is 35.5. The van der Waals surface area contributed by atoms with Crippen LogP contribution in [0.2, 0.25) is 5.02 Å². The molecule has 82 valence electrons. The molecule has 2 nitrogen and oxygen atoms in total. The number of phenols is 1. The zero-order chi connectivity index (χ0) is 11.3. The predicted molar refractivity (Wildman–Crippen MR) is 62.3 cm³/mol. The third-order valence-electron chi connectivity index (χ3n) is 3.48. The highest BCUT2D eigenvalue weighted by Gasteiger charge is 2.53. The van der Waals surface area contributed by atoms with Gasteiger partial charge in [0.2, 0.25) is 0 Å². The van der Waals surface area contributed by atoms with E-state index in [-0.39, 0.29) is 16.7 Å². The van der Waals surface area contributed by atoms with Crippen molar-refractivity contribution in [1.82, 2.24) is 0 Å². The van der Waals surface area contributed by atoms with Crippen LogP contribution >= 0.6 is 11.6 Å². The quantitative estimate of drug-likeness (QED) is 0.813. The average Bonchev–Trinajstić information content (AvgIpc) is 2.88. The molecular formula is C12H16ClNO. The summed E-state index contributed by atoms with van der Waals surface area (Å²) in [6.45, 7) is 4.08. The molecule has 0 aliphatic heterocycles. The van der Waals surface area contributed by atoms with Crippen molar-refractivity contribution in [2.24, 2.45) is 5.73 Å². The second kappa shape index (κ2) is 3.13. The van der Waals surface area contributed by atoms with Crippen LogP contribution in [0.3, 0.4) is 0 Å². The van der Waals surface area contributed by atoms with Crippen molar-refractivity contribution in [2.45, 2.75) is 37.6 Å². The third kappa shape index (κ3) is 1.62. The summed E-state index contributed by atoms with van der Waals surface area (Å²) < 4.78 is 0. The topological polar surface area (TPSA) is 46.2 Å². The van der Waals surface area contributed by atoms with Gasteiger partial charge >= 0.3 is 0 Å². The number of rotatable bonds is 2. The molecule has 0 amide bonds. The Labute approximate surface area is 95.1 Å². The van der Waals surface area contributed by atoms with Gasteiger partial charge < -0.3 is 10.8 Å². The lowest BCUT2D eigenvalue weighted by Crippen LogP contribution is -2.45. The second-order valence-corrected chi connectivity index (χ2v) is 5.38. The Kier molecular flexibility index (Phi) is 2.25. The SMILES string of the molecule is CC(C)(N)C1(c2ccc(O)c(Cl)c2)CC1. The van der Waals surface area contributed by atoms with Crippen LogP contribution in [0.15, 0.2) is 18.2 Å². The normalized spacial score (nSPS) is 18.9. The molecule has 0 heterocycles. The van der Waals surface area contributed by atoms with Gasteiger partial charge in [0, 0.05) is 11.0 Å². The van der Waals surface area contributed by atoms with E-state index in [0.29, 0.717) is 5.02 Å². The van der Waals surface area contributed by atoms with Gasteiger partial charge in [0.15, 0.2) is 0 Å². The van der Waals surface area contributed by atoms with Gasteiger partial charge in [-0.3, -0.25) is 0 Å². The maximum Gasteiger partial charge on any atom is 0.134 e. The molecule has 0 atom stereocenters. The maximum atomic E-state index is 9.37. The van der Waals surface area contributed by atoms with E-state index in [1.807, 2.05) is 26.0 Å². The van der Waals surface area contributed by atoms with E-state index in [9.17, 15) is 5.11 Å². The highest BCUT2D eigenvalue weighted by molar-refractivity contribution is 6.32. The number of benzene rings is 1. The van der Waals surface area contributed by atoms with Crippen molar-refractivity contribution in [3.8, 4) is 5.75 Å². The number of phenolic OH excluding ortho intramolecular Hbond substituents is 1. The zero-order valence-electron chi connectivity index (χ0n) is 9.05. The minimum Gasteiger partial charge on any atom is -0.506 e. The molecular weight excluding hydrogens is 210 g/mol. The summed E-state index contributed by atoms with van der Waals surface area (Å²) in [5, 5.41) is 9.78. The number of nitrogens with two attached hydrogens (primary N) is 1.